The number of azo groups is 2. The second-order valence-corrected chi connectivity index (χ2v) is 15.2. The number of aromatic nitrogens is 5. The molecule has 24 nitrogen and oxygen atoms in total. The molecule has 33 heteroatoms. The molecule has 0 spiro atoms. The molecule has 0 radical (unpaired) electrons. The first-order valence-electron chi connectivity index (χ1n) is 15.9. The molecule has 0 bridgehead atoms. The summed E-state index contributed by atoms with van der Waals surface area (Å²) in [6.07, 6.45) is -1.38. The van der Waals surface area contributed by atoms with Gasteiger partial charge in [-0.05, 0) is 54.1 Å². The number of hydrogen-bond donors (Lipinski definition) is 4. The van der Waals surface area contributed by atoms with Crippen LogP contribution in [0.15, 0.2) is 83.7 Å². The summed E-state index contributed by atoms with van der Waals surface area (Å²) in [4.78, 5) is 18.6. The molecule has 0 amide bonds. The fraction of sp³-hybridized carbons (Fsp3) is 0.138. The molecule has 1 aliphatic rings. The SMILES string of the molecule is Nc1c(N=Nc2cc(Nc3nc(Cl)nc(N4CCOCC4)n3)ccc2S(=O)(=O)[O-])cc(S(=O)(=O)[O-])c(N)c1N=Nc1cc(Nc2cc(F)nc(F)n2)ccc1SOO[O-].[Na+].[Na+].[Na+]. The summed E-state index contributed by atoms with van der Waals surface area (Å²) in [5, 5.41) is 34.6. The van der Waals surface area contributed by atoms with E-state index in [1.54, 1.807) is 4.90 Å². The zero-order chi connectivity index (χ0) is 42.5. The van der Waals surface area contributed by atoms with Gasteiger partial charge in [-0.2, -0.15) is 38.0 Å². The number of nitrogens with two attached hydrogens (primary N) is 2. The molecule has 310 valence electrons. The van der Waals surface area contributed by atoms with Crippen molar-refractivity contribution in [2.24, 2.45) is 20.5 Å². The van der Waals surface area contributed by atoms with E-state index in [1.807, 2.05) is 0 Å². The molecule has 0 aliphatic carbocycles. The van der Waals surface area contributed by atoms with E-state index in [2.05, 4.69) is 65.4 Å². The van der Waals surface area contributed by atoms with E-state index >= 15 is 0 Å². The van der Waals surface area contributed by atoms with Crippen molar-refractivity contribution in [2.75, 3.05) is 53.3 Å². The first kappa shape index (κ1) is 53.4. The van der Waals surface area contributed by atoms with E-state index in [-0.39, 0.29) is 134 Å². The number of morpholine rings is 1. The molecule has 0 atom stereocenters. The van der Waals surface area contributed by atoms with Gasteiger partial charge in [0.05, 0.1) is 51.3 Å². The van der Waals surface area contributed by atoms with Gasteiger partial charge in [0.15, 0.2) is 0 Å². The standard InChI is InChI=1S/C29H25ClF2N14O10S3.3Na/c30-26-39-28(41-29(40-26)46-5-7-54-8-6-46)36-14-2-4-19(58(48,49)50)16(10-14)43-44-17-11-20(59(51,52)53)24(34)25(23(17)33)45-42-15-9-13(1-3-18(15)57-56-55-47)35-22-12-21(31)37-27(32)38-22;;;/h1-4,9-12,47H,5-8,33-34H2,(H,35,37,38)(H,48,49,50)(H,51,52,53)(H,36,39,40,41);;;/q;3*+1/p-3. The van der Waals surface area contributed by atoms with Crippen molar-refractivity contribution in [3.63, 3.8) is 0 Å². The van der Waals surface area contributed by atoms with Crippen molar-refractivity contribution in [2.45, 2.75) is 14.7 Å². The maximum absolute atomic E-state index is 13.7. The average molecular weight is 965 g/mol. The zero-order valence-electron chi connectivity index (χ0n) is 32.0. The van der Waals surface area contributed by atoms with E-state index in [1.165, 1.54) is 24.3 Å². The van der Waals surface area contributed by atoms with Crippen LogP contribution < -0.4 is 121 Å². The van der Waals surface area contributed by atoms with Gasteiger partial charge in [0.2, 0.25) is 23.1 Å². The molecule has 5 aromatic rings. The maximum Gasteiger partial charge on any atom is 1.00 e. The molecule has 3 heterocycles. The first-order chi connectivity index (χ1) is 28.0. The Morgan fingerprint density at radius 1 is 0.774 bits per heavy atom. The topological polar surface area (TPSA) is 358 Å². The van der Waals surface area contributed by atoms with Crippen molar-refractivity contribution >= 4 is 107 Å². The van der Waals surface area contributed by atoms with Gasteiger partial charge < -0.3 is 46.1 Å². The Bertz CT molecular complexity index is 2700. The third-order valence-corrected chi connectivity index (χ3v) is 10.1. The van der Waals surface area contributed by atoms with Crippen LogP contribution in [0, 0.1) is 12.0 Å². The molecule has 62 heavy (non-hydrogen) atoms. The molecule has 6 N–H and O–H groups in total. The number of ether oxygens (including phenoxy) is 1. The van der Waals surface area contributed by atoms with Crippen LogP contribution in [0.25, 0.3) is 0 Å². The molecule has 1 saturated heterocycles. The summed E-state index contributed by atoms with van der Waals surface area (Å²) < 4.78 is 110. The number of nitrogens with zero attached hydrogens (tertiary/aromatic N) is 10. The fourth-order valence-corrected chi connectivity index (χ4v) is 6.76. The van der Waals surface area contributed by atoms with Crippen LogP contribution in [0.3, 0.4) is 0 Å². The Labute approximate surface area is 424 Å². The number of anilines is 7. The van der Waals surface area contributed by atoms with Crippen LogP contribution in [-0.2, 0) is 34.3 Å². The number of nitrogen functional groups attached to an aromatic ring is 2. The smallest absolute Gasteiger partial charge is 0.744 e. The summed E-state index contributed by atoms with van der Waals surface area (Å²) >= 11 is 6.45. The summed E-state index contributed by atoms with van der Waals surface area (Å²) in [5.41, 5.74) is 8.93. The van der Waals surface area contributed by atoms with Gasteiger partial charge in [0.1, 0.15) is 48.8 Å². The summed E-state index contributed by atoms with van der Waals surface area (Å²) in [6.45, 7) is 1.75. The number of benzene rings is 3. The average Bonchev–Trinajstić information content (AvgIpc) is 3.16. The second-order valence-electron chi connectivity index (χ2n) is 11.4. The Kier molecular flexibility index (Phi) is 20.1. The van der Waals surface area contributed by atoms with Crippen LogP contribution in [0.2, 0.25) is 5.28 Å². The molecule has 0 unspecified atom stereocenters. The number of rotatable bonds is 14. The van der Waals surface area contributed by atoms with Gasteiger partial charge in [-0.3, -0.25) is 5.04 Å². The van der Waals surface area contributed by atoms with E-state index < -0.39 is 70.5 Å². The fourth-order valence-electron chi connectivity index (χ4n) is 4.98. The third-order valence-electron chi connectivity index (χ3n) is 7.54. The molecule has 2 aromatic heterocycles. The minimum atomic E-state index is -5.41. The van der Waals surface area contributed by atoms with E-state index in [0.29, 0.717) is 44.4 Å². The zero-order valence-corrected chi connectivity index (χ0v) is 41.2. The Morgan fingerprint density at radius 2 is 1.40 bits per heavy atom. The Morgan fingerprint density at radius 3 is 2.06 bits per heavy atom. The van der Waals surface area contributed by atoms with Crippen molar-refractivity contribution < 1.29 is 143 Å². The molecular weight excluding hydrogens is 943 g/mol. The monoisotopic (exact) mass is 964 g/mol. The molecule has 1 fully saturated rings. The normalized spacial score (nSPS) is 13.0. The predicted octanol–water partition coefficient (Wildman–Crippen LogP) is -5.04. The first-order valence-corrected chi connectivity index (χ1v) is 19.8. The molecule has 6 rings (SSSR count). The van der Waals surface area contributed by atoms with Crippen molar-refractivity contribution in [1.29, 1.82) is 0 Å². The van der Waals surface area contributed by atoms with Crippen LogP contribution >= 0.6 is 23.6 Å². The van der Waals surface area contributed by atoms with Gasteiger partial charge in [-0.15, -0.1) is 20.5 Å². The molecular formula is C29H22ClF2N14Na3O10S3. The number of hydrogen-bond acceptors (Lipinski definition) is 25. The van der Waals surface area contributed by atoms with Gasteiger partial charge in [0, 0.05) is 30.5 Å². The Hall–Kier alpha value is -2.89. The van der Waals surface area contributed by atoms with Gasteiger partial charge >= 0.3 is 94.8 Å². The van der Waals surface area contributed by atoms with Crippen molar-refractivity contribution in [3.8, 4) is 0 Å². The predicted molar refractivity (Wildman–Crippen MR) is 197 cm³/mol. The quantitative estimate of drug-likeness (QED) is 0.00931. The summed E-state index contributed by atoms with van der Waals surface area (Å²) in [6, 6.07) is 8.32. The van der Waals surface area contributed by atoms with Gasteiger partial charge in [-0.1, -0.05) is 0 Å². The van der Waals surface area contributed by atoms with Crippen LogP contribution in [0.1, 0.15) is 0 Å². The number of nitrogens with one attached hydrogen (secondary N) is 2. The van der Waals surface area contributed by atoms with Crippen LogP contribution in [0.4, 0.5) is 72.0 Å². The van der Waals surface area contributed by atoms with Crippen molar-refractivity contribution in [1.82, 2.24) is 24.9 Å². The van der Waals surface area contributed by atoms with Crippen molar-refractivity contribution in [3.05, 3.63) is 65.8 Å². The minimum absolute atomic E-state index is 0. The summed E-state index contributed by atoms with van der Waals surface area (Å²) in [5.74, 6) is -1.39. The van der Waals surface area contributed by atoms with Gasteiger partial charge in [-0.25, -0.2) is 16.8 Å². The van der Waals surface area contributed by atoms with E-state index in [4.69, 9.17) is 27.8 Å². The van der Waals surface area contributed by atoms with E-state index in [0.717, 1.165) is 18.2 Å². The third kappa shape index (κ3) is 14.1. The molecule has 0 saturated carbocycles. The maximum atomic E-state index is 13.7. The summed E-state index contributed by atoms with van der Waals surface area (Å²) in [7, 11) is -10.6. The minimum Gasteiger partial charge on any atom is -0.744 e. The molecule has 3 aromatic carbocycles. The van der Waals surface area contributed by atoms with E-state index in [9.17, 15) is 40.0 Å². The number of halogens is 3. The second kappa shape index (κ2) is 23.3. The largest absolute Gasteiger partial charge is 1.00 e. The van der Waals surface area contributed by atoms with Gasteiger partial charge in [0.25, 0.3) is 0 Å². The van der Waals surface area contributed by atoms with Crippen LogP contribution in [-0.4, -0.2) is 77.2 Å². The molecule has 1 aliphatic heterocycles. The van der Waals surface area contributed by atoms with Crippen LogP contribution in [0.5, 0.6) is 0 Å². The Balaban J connectivity index is 0.00000341.